The molecule has 1 aromatic carbocycles. The number of rotatable bonds is 4. The maximum atomic E-state index is 13.2. The summed E-state index contributed by atoms with van der Waals surface area (Å²) in [5.41, 5.74) is 0.405. The van der Waals surface area contributed by atoms with Gasteiger partial charge in [0.25, 0.3) is 5.91 Å². The molecule has 2 aromatic rings. The third-order valence-corrected chi connectivity index (χ3v) is 5.67. The number of hydrogen-bond acceptors (Lipinski definition) is 5. The quantitative estimate of drug-likeness (QED) is 0.728. The summed E-state index contributed by atoms with van der Waals surface area (Å²) in [7, 11) is 0. The van der Waals surface area contributed by atoms with Gasteiger partial charge in [-0.2, -0.15) is 0 Å². The average molecular weight is 447 g/mol. The van der Waals surface area contributed by atoms with E-state index in [2.05, 4.69) is 31.2 Å². The number of anilines is 1. The van der Waals surface area contributed by atoms with Gasteiger partial charge < -0.3 is 0 Å². The lowest BCUT2D eigenvalue weighted by Gasteiger charge is -2.36. The second kappa shape index (κ2) is 6.73. The Labute approximate surface area is 168 Å². The highest BCUT2D eigenvalue weighted by Crippen LogP contribution is 2.54. The first-order valence-electron chi connectivity index (χ1n) is 8.84. The monoisotopic (exact) mass is 446 g/mol. The van der Waals surface area contributed by atoms with Gasteiger partial charge in [0.1, 0.15) is 6.04 Å². The first-order valence-corrected chi connectivity index (χ1v) is 9.63. The molecule has 1 spiro atoms. The molecule has 1 aromatic heterocycles. The number of carbonyl (C=O) groups is 3. The number of carbonyl (C=O) groups excluding carboxylic acids is 3. The van der Waals surface area contributed by atoms with Crippen LogP contribution in [0.1, 0.15) is 42.1 Å². The zero-order valence-corrected chi connectivity index (χ0v) is 16.5. The second-order valence-corrected chi connectivity index (χ2v) is 7.81. The van der Waals surface area contributed by atoms with Crippen LogP contribution in [0.4, 0.5) is 10.3 Å². The number of nitrogens with zero attached hydrogens (tertiary/aromatic N) is 3. The van der Waals surface area contributed by atoms with Gasteiger partial charge in [-0.3, -0.25) is 24.6 Å². The van der Waals surface area contributed by atoms with Crippen LogP contribution < -0.4 is 5.32 Å². The molecule has 1 saturated carbocycles. The first-order chi connectivity index (χ1) is 13.4. The van der Waals surface area contributed by atoms with Crippen LogP contribution in [0.2, 0.25) is 0 Å². The van der Waals surface area contributed by atoms with Gasteiger partial charge in [0.2, 0.25) is 17.8 Å². The van der Waals surface area contributed by atoms with Gasteiger partial charge in [-0.05, 0) is 43.0 Å². The van der Waals surface area contributed by atoms with E-state index in [-0.39, 0.29) is 18.3 Å². The average Bonchev–Trinajstić information content (AvgIpc) is 3.47. The molecular formula is C19H16BrFN4O3. The number of hydrogen-bond donors (Lipinski definition) is 1. The minimum absolute atomic E-state index is 0.0905. The maximum absolute atomic E-state index is 13.2. The van der Waals surface area contributed by atoms with Crippen LogP contribution >= 0.6 is 15.9 Å². The van der Waals surface area contributed by atoms with Gasteiger partial charge in [0.15, 0.2) is 5.82 Å². The number of amides is 3. The van der Waals surface area contributed by atoms with Crippen LogP contribution in [0.25, 0.3) is 0 Å². The van der Waals surface area contributed by atoms with Gasteiger partial charge >= 0.3 is 0 Å². The predicted octanol–water partition coefficient (Wildman–Crippen LogP) is 2.81. The Morgan fingerprint density at radius 2 is 2.00 bits per heavy atom. The van der Waals surface area contributed by atoms with Crippen molar-refractivity contribution in [2.75, 3.05) is 5.32 Å². The van der Waals surface area contributed by atoms with Crippen molar-refractivity contribution in [3.63, 3.8) is 0 Å². The molecule has 3 amide bonds. The molecule has 1 N–H and O–H groups in total. The summed E-state index contributed by atoms with van der Waals surface area (Å²) in [6.45, 7) is 1.72. The Kier molecular flexibility index (Phi) is 4.49. The molecule has 9 heteroatoms. The standard InChI is InChI=1S/C19H16BrFN4O3/c1-2-14(15(26)24-18-22-8-11(21)9-23-18)25-16(27)12-4-3-10(20)7-13(12)19(5-6-19)17(25)28/h3-4,7-9,14H,2,5-6H2,1H3,(H,22,23,24,26)/t14-/m0/s1. The molecular weight excluding hydrogens is 431 g/mol. The van der Waals surface area contributed by atoms with E-state index in [9.17, 15) is 18.8 Å². The molecule has 0 saturated heterocycles. The van der Waals surface area contributed by atoms with E-state index in [1.807, 2.05) is 6.07 Å². The lowest BCUT2D eigenvalue weighted by Crippen LogP contribution is -2.56. The third-order valence-electron chi connectivity index (χ3n) is 5.18. The summed E-state index contributed by atoms with van der Waals surface area (Å²) < 4.78 is 13.8. The summed E-state index contributed by atoms with van der Waals surface area (Å²) in [6.07, 6.45) is 3.35. The largest absolute Gasteiger partial charge is 0.293 e. The van der Waals surface area contributed by atoms with Crippen molar-refractivity contribution in [1.82, 2.24) is 14.9 Å². The lowest BCUT2D eigenvalue weighted by atomic mass is 9.84. The van der Waals surface area contributed by atoms with Gasteiger partial charge in [-0.1, -0.05) is 22.9 Å². The van der Waals surface area contributed by atoms with E-state index in [1.165, 1.54) is 0 Å². The van der Waals surface area contributed by atoms with Crippen molar-refractivity contribution in [1.29, 1.82) is 0 Å². The molecule has 1 aliphatic carbocycles. The van der Waals surface area contributed by atoms with Crippen molar-refractivity contribution in [2.45, 2.75) is 37.6 Å². The molecule has 4 rings (SSSR count). The van der Waals surface area contributed by atoms with E-state index in [4.69, 9.17) is 0 Å². The molecule has 1 fully saturated rings. The SMILES string of the molecule is CC[C@@H](C(=O)Nc1ncc(F)cn1)N1C(=O)c2ccc(Br)cc2C2(CC2)C1=O. The molecule has 2 heterocycles. The van der Waals surface area contributed by atoms with Crippen LogP contribution in [-0.2, 0) is 15.0 Å². The molecule has 0 bridgehead atoms. The van der Waals surface area contributed by atoms with Crippen LogP contribution in [0.5, 0.6) is 0 Å². The molecule has 2 aliphatic rings. The molecule has 1 aliphatic heterocycles. The van der Waals surface area contributed by atoms with Crippen molar-refractivity contribution in [3.8, 4) is 0 Å². The van der Waals surface area contributed by atoms with Crippen molar-refractivity contribution in [3.05, 3.63) is 52.0 Å². The number of benzene rings is 1. The Balaban J connectivity index is 1.67. The normalized spacial score (nSPS) is 18.0. The van der Waals surface area contributed by atoms with E-state index < -0.39 is 29.1 Å². The Hall–Kier alpha value is -2.68. The fraction of sp³-hybridized carbons (Fsp3) is 0.316. The van der Waals surface area contributed by atoms with Crippen LogP contribution in [0.15, 0.2) is 35.1 Å². The third kappa shape index (κ3) is 2.90. The highest BCUT2D eigenvalue weighted by molar-refractivity contribution is 9.10. The molecule has 1 atom stereocenters. The Bertz CT molecular complexity index is 991. The van der Waals surface area contributed by atoms with Crippen molar-refractivity contribution >= 4 is 39.6 Å². The topological polar surface area (TPSA) is 92.3 Å². The smallest absolute Gasteiger partial charge is 0.261 e. The lowest BCUT2D eigenvalue weighted by molar-refractivity contribution is -0.138. The Morgan fingerprint density at radius 3 is 2.61 bits per heavy atom. The fourth-order valence-corrected chi connectivity index (χ4v) is 3.97. The summed E-state index contributed by atoms with van der Waals surface area (Å²) in [6, 6.07) is 4.22. The zero-order chi connectivity index (χ0) is 20.1. The molecule has 28 heavy (non-hydrogen) atoms. The number of imide groups is 1. The number of halogens is 2. The van der Waals surface area contributed by atoms with E-state index in [0.29, 0.717) is 24.0 Å². The summed E-state index contributed by atoms with van der Waals surface area (Å²) >= 11 is 3.39. The van der Waals surface area contributed by atoms with E-state index >= 15 is 0 Å². The van der Waals surface area contributed by atoms with Crippen LogP contribution in [-0.4, -0.2) is 38.6 Å². The Morgan fingerprint density at radius 1 is 1.32 bits per heavy atom. The van der Waals surface area contributed by atoms with E-state index in [0.717, 1.165) is 21.8 Å². The molecule has 0 unspecified atom stereocenters. The highest BCUT2D eigenvalue weighted by Gasteiger charge is 2.60. The maximum Gasteiger partial charge on any atom is 0.261 e. The molecule has 7 nitrogen and oxygen atoms in total. The first kappa shape index (κ1) is 18.7. The fourth-order valence-electron chi connectivity index (χ4n) is 3.61. The van der Waals surface area contributed by atoms with Gasteiger partial charge in [0.05, 0.1) is 17.8 Å². The van der Waals surface area contributed by atoms with E-state index in [1.54, 1.807) is 19.1 Å². The number of fused-ring (bicyclic) bond motifs is 2. The zero-order valence-electron chi connectivity index (χ0n) is 14.9. The van der Waals surface area contributed by atoms with Crippen molar-refractivity contribution in [2.24, 2.45) is 0 Å². The second-order valence-electron chi connectivity index (χ2n) is 6.89. The minimum Gasteiger partial charge on any atom is -0.293 e. The van der Waals surface area contributed by atoms with Crippen LogP contribution in [0.3, 0.4) is 0 Å². The summed E-state index contributed by atoms with van der Waals surface area (Å²) in [4.78, 5) is 47.5. The summed E-state index contributed by atoms with van der Waals surface area (Å²) in [5.74, 6) is -2.17. The van der Waals surface area contributed by atoms with Gasteiger partial charge in [0, 0.05) is 10.0 Å². The van der Waals surface area contributed by atoms with Gasteiger partial charge in [-0.15, -0.1) is 0 Å². The van der Waals surface area contributed by atoms with Gasteiger partial charge in [-0.25, -0.2) is 14.4 Å². The molecule has 0 radical (unpaired) electrons. The summed E-state index contributed by atoms with van der Waals surface area (Å²) in [5, 5.41) is 2.46. The number of aromatic nitrogens is 2. The van der Waals surface area contributed by atoms with Crippen LogP contribution in [0, 0.1) is 5.82 Å². The van der Waals surface area contributed by atoms with Crippen molar-refractivity contribution < 1.29 is 18.8 Å². The highest BCUT2D eigenvalue weighted by atomic mass is 79.9. The molecule has 144 valence electrons. The number of nitrogens with one attached hydrogen (secondary N) is 1. The minimum atomic E-state index is -1.01. The predicted molar refractivity (Wildman–Crippen MR) is 101 cm³/mol.